The number of thioether (sulfide) groups is 1. The van der Waals surface area contributed by atoms with Gasteiger partial charge in [0.15, 0.2) is 0 Å². The summed E-state index contributed by atoms with van der Waals surface area (Å²) in [5.74, 6) is 0.518. The predicted molar refractivity (Wildman–Crippen MR) is 95.0 cm³/mol. The lowest BCUT2D eigenvalue weighted by Crippen LogP contribution is -2.50. The molecule has 1 aliphatic heterocycles. The molecule has 1 saturated heterocycles. The van der Waals surface area contributed by atoms with Gasteiger partial charge in [-0.25, -0.2) is 0 Å². The fourth-order valence-corrected chi connectivity index (χ4v) is 3.64. The smallest absolute Gasteiger partial charge is 0.305 e. The summed E-state index contributed by atoms with van der Waals surface area (Å²) in [6.45, 7) is 2.78. The molecule has 0 radical (unpaired) electrons. The Bertz CT molecular complexity index is 620. The number of hydrogen-bond acceptors (Lipinski definition) is 5. The van der Waals surface area contributed by atoms with Crippen molar-refractivity contribution in [3.8, 4) is 5.75 Å². The lowest BCUT2D eigenvalue weighted by Gasteiger charge is -2.34. The van der Waals surface area contributed by atoms with Crippen LogP contribution in [0.25, 0.3) is 0 Å². The molecule has 0 aromatic heterocycles. The number of rotatable bonds is 7. The molecule has 1 aromatic rings. The van der Waals surface area contributed by atoms with E-state index < -0.39 is 5.97 Å². The summed E-state index contributed by atoms with van der Waals surface area (Å²) in [7, 11) is 0. The van der Waals surface area contributed by atoms with Crippen LogP contribution in [0, 0.1) is 0 Å². The number of amides is 2. The van der Waals surface area contributed by atoms with Crippen LogP contribution in [-0.4, -0.2) is 65.0 Å². The number of nitrogens with zero attached hydrogens (tertiary/aromatic N) is 1. The van der Waals surface area contributed by atoms with Crippen molar-refractivity contribution in [2.24, 2.45) is 0 Å². The van der Waals surface area contributed by atoms with Crippen molar-refractivity contribution in [1.29, 1.82) is 0 Å². The molecule has 2 rings (SSSR count). The molecule has 25 heavy (non-hydrogen) atoms. The molecule has 1 atom stereocenters. The fourth-order valence-electron chi connectivity index (χ4n) is 2.58. The largest absolute Gasteiger partial charge is 0.494 e. The molecule has 1 aromatic carbocycles. The van der Waals surface area contributed by atoms with Gasteiger partial charge in [0.2, 0.25) is 5.91 Å². The Morgan fingerprint density at radius 3 is 2.68 bits per heavy atom. The van der Waals surface area contributed by atoms with Crippen LogP contribution in [0.1, 0.15) is 23.7 Å². The van der Waals surface area contributed by atoms with Crippen molar-refractivity contribution in [1.82, 2.24) is 10.2 Å². The molecule has 0 aliphatic carbocycles. The SMILES string of the molecule is CCOc1ccc(C(=O)NCC(=O)N2CCSCC2CC(=O)O)cc1. The summed E-state index contributed by atoms with van der Waals surface area (Å²) < 4.78 is 5.32. The number of benzene rings is 1. The Hall–Kier alpha value is -2.22. The number of carboxylic acid groups (broad SMARTS) is 1. The van der Waals surface area contributed by atoms with E-state index in [-0.39, 0.29) is 30.8 Å². The number of carbonyl (C=O) groups is 3. The minimum absolute atomic E-state index is 0.0778. The van der Waals surface area contributed by atoms with E-state index in [1.54, 1.807) is 40.9 Å². The molecule has 1 aliphatic rings. The maximum atomic E-state index is 12.4. The highest BCUT2D eigenvalue weighted by Gasteiger charge is 2.28. The van der Waals surface area contributed by atoms with Crippen LogP contribution >= 0.6 is 11.8 Å². The summed E-state index contributed by atoms with van der Waals surface area (Å²) in [5.41, 5.74) is 0.438. The Labute approximate surface area is 150 Å². The number of carbonyl (C=O) groups excluding carboxylic acids is 2. The van der Waals surface area contributed by atoms with Crippen molar-refractivity contribution in [3.63, 3.8) is 0 Å². The third-order valence-electron chi connectivity index (χ3n) is 3.79. The predicted octanol–water partition coefficient (Wildman–Crippen LogP) is 1.23. The monoisotopic (exact) mass is 366 g/mol. The highest BCUT2D eigenvalue weighted by molar-refractivity contribution is 7.99. The molecule has 0 saturated carbocycles. The molecule has 2 N–H and O–H groups in total. The van der Waals surface area contributed by atoms with E-state index in [0.29, 0.717) is 30.2 Å². The molecule has 1 fully saturated rings. The number of aliphatic carboxylic acids is 1. The van der Waals surface area contributed by atoms with Gasteiger partial charge in [-0.15, -0.1) is 0 Å². The van der Waals surface area contributed by atoms with Crippen LogP contribution in [0.3, 0.4) is 0 Å². The zero-order valence-corrected chi connectivity index (χ0v) is 14.9. The molecule has 0 bridgehead atoms. The Morgan fingerprint density at radius 1 is 1.32 bits per heavy atom. The topological polar surface area (TPSA) is 95.9 Å². The van der Waals surface area contributed by atoms with Gasteiger partial charge in [0, 0.05) is 23.6 Å². The number of carboxylic acids is 1. The second-order valence-corrected chi connectivity index (χ2v) is 6.70. The Morgan fingerprint density at radius 2 is 2.04 bits per heavy atom. The highest BCUT2D eigenvalue weighted by Crippen LogP contribution is 2.19. The van der Waals surface area contributed by atoms with Gasteiger partial charge >= 0.3 is 5.97 Å². The average molecular weight is 366 g/mol. The molecular weight excluding hydrogens is 344 g/mol. The standard InChI is InChI=1S/C17H22N2O5S/c1-2-24-14-5-3-12(4-6-14)17(23)18-10-15(20)19-7-8-25-11-13(19)9-16(21)22/h3-6,13H,2,7-11H2,1H3,(H,18,23)(H,21,22). The third-order valence-corrected chi connectivity index (χ3v) is 4.88. The van der Waals surface area contributed by atoms with Crippen molar-refractivity contribution >= 4 is 29.5 Å². The van der Waals surface area contributed by atoms with Crippen LogP contribution in [-0.2, 0) is 9.59 Å². The average Bonchev–Trinajstić information content (AvgIpc) is 2.60. The summed E-state index contributed by atoms with van der Waals surface area (Å²) in [4.78, 5) is 37.0. The van der Waals surface area contributed by atoms with Gasteiger partial charge in [-0.2, -0.15) is 11.8 Å². The van der Waals surface area contributed by atoms with Crippen molar-refractivity contribution in [2.75, 3.05) is 31.2 Å². The van der Waals surface area contributed by atoms with Crippen molar-refractivity contribution < 1.29 is 24.2 Å². The first-order valence-electron chi connectivity index (χ1n) is 8.11. The molecule has 7 nitrogen and oxygen atoms in total. The van der Waals surface area contributed by atoms with Gasteiger partial charge in [0.1, 0.15) is 5.75 Å². The van der Waals surface area contributed by atoms with Crippen molar-refractivity contribution in [2.45, 2.75) is 19.4 Å². The minimum atomic E-state index is -0.927. The van der Waals surface area contributed by atoms with Gasteiger partial charge in [0.25, 0.3) is 5.91 Å². The number of nitrogens with one attached hydrogen (secondary N) is 1. The lowest BCUT2D eigenvalue weighted by atomic mass is 10.2. The normalized spacial score (nSPS) is 17.0. The highest BCUT2D eigenvalue weighted by atomic mass is 32.2. The Kier molecular flexibility index (Phi) is 7.12. The first kappa shape index (κ1) is 19.1. The van der Waals surface area contributed by atoms with Crippen LogP contribution in [0.5, 0.6) is 5.75 Å². The minimum Gasteiger partial charge on any atom is -0.494 e. The van der Waals surface area contributed by atoms with Gasteiger partial charge in [-0.1, -0.05) is 0 Å². The second-order valence-electron chi connectivity index (χ2n) is 5.55. The maximum absolute atomic E-state index is 12.4. The zero-order chi connectivity index (χ0) is 18.2. The van der Waals surface area contributed by atoms with Gasteiger partial charge in [-0.05, 0) is 31.2 Å². The zero-order valence-electron chi connectivity index (χ0n) is 14.1. The van der Waals surface area contributed by atoms with E-state index in [1.165, 1.54) is 0 Å². The summed E-state index contributed by atoms with van der Waals surface area (Å²) in [5, 5.41) is 11.6. The Balaban J connectivity index is 1.89. The first-order valence-corrected chi connectivity index (χ1v) is 9.26. The summed E-state index contributed by atoms with van der Waals surface area (Å²) in [6, 6.07) is 6.34. The van der Waals surface area contributed by atoms with Gasteiger partial charge in [-0.3, -0.25) is 14.4 Å². The summed E-state index contributed by atoms with van der Waals surface area (Å²) in [6.07, 6.45) is -0.0778. The van der Waals surface area contributed by atoms with Crippen LogP contribution < -0.4 is 10.1 Å². The van der Waals surface area contributed by atoms with Gasteiger partial charge < -0.3 is 20.1 Å². The number of hydrogen-bond donors (Lipinski definition) is 2. The van der Waals surface area contributed by atoms with Crippen molar-refractivity contribution in [3.05, 3.63) is 29.8 Å². The third kappa shape index (κ3) is 5.67. The molecular formula is C17H22N2O5S. The van der Waals surface area contributed by atoms with E-state index in [9.17, 15) is 14.4 Å². The second kappa shape index (κ2) is 9.31. The molecule has 1 heterocycles. The molecule has 1 unspecified atom stereocenters. The van der Waals surface area contributed by atoms with E-state index in [4.69, 9.17) is 9.84 Å². The molecule has 2 amide bonds. The number of ether oxygens (including phenoxy) is 1. The van der Waals surface area contributed by atoms with E-state index in [0.717, 1.165) is 5.75 Å². The molecule has 8 heteroatoms. The van der Waals surface area contributed by atoms with Crippen LogP contribution in [0.4, 0.5) is 0 Å². The molecule has 136 valence electrons. The fraction of sp³-hybridized carbons (Fsp3) is 0.471. The van der Waals surface area contributed by atoms with Crippen LogP contribution in [0.15, 0.2) is 24.3 Å². The van der Waals surface area contributed by atoms with E-state index in [1.807, 2.05) is 6.92 Å². The van der Waals surface area contributed by atoms with Crippen LogP contribution in [0.2, 0.25) is 0 Å². The first-order chi connectivity index (χ1) is 12.0. The quantitative estimate of drug-likeness (QED) is 0.754. The maximum Gasteiger partial charge on any atom is 0.305 e. The van der Waals surface area contributed by atoms with E-state index in [2.05, 4.69) is 5.32 Å². The lowest BCUT2D eigenvalue weighted by molar-refractivity contribution is -0.140. The van der Waals surface area contributed by atoms with Gasteiger partial charge in [0.05, 0.1) is 25.6 Å². The molecule has 0 spiro atoms. The van der Waals surface area contributed by atoms with E-state index >= 15 is 0 Å². The summed E-state index contributed by atoms with van der Waals surface area (Å²) >= 11 is 1.64.